The summed E-state index contributed by atoms with van der Waals surface area (Å²) in [4.78, 5) is 21.8. The van der Waals surface area contributed by atoms with Gasteiger partial charge in [-0.1, -0.05) is 22.4 Å². The molecule has 0 atom stereocenters. The number of nitrogens with zero attached hydrogens (tertiary/aromatic N) is 8. The molecule has 0 aliphatic rings. The Morgan fingerprint density at radius 3 is 2.00 bits per heavy atom. The molecule has 0 bridgehead atoms. The quantitative estimate of drug-likeness (QED) is 0.494. The monoisotopic (exact) mass is 380 g/mol. The number of hydrogen-bond acceptors (Lipinski definition) is 10. The topological polar surface area (TPSA) is 110 Å². The highest BCUT2D eigenvalue weighted by atomic mass is 16.5. The van der Waals surface area contributed by atoms with Gasteiger partial charge in [0.2, 0.25) is 17.7 Å². The van der Waals surface area contributed by atoms with Gasteiger partial charge in [-0.3, -0.25) is 0 Å². The maximum atomic E-state index is 5.07. The van der Waals surface area contributed by atoms with Crippen molar-refractivity contribution in [2.45, 2.75) is 26.9 Å². The molecule has 28 heavy (non-hydrogen) atoms. The summed E-state index contributed by atoms with van der Waals surface area (Å²) >= 11 is 0. The molecule has 4 rings (SSSR count). The van der Waals surface area contributed by atoms with Crippen LogP contribution in [0, 0.1) is 13.8 Å². The lowest BCUT2D eigenvalue weighted by atomic mass is 10.2. The van der Waals surface area contributed by atoms with Gasteiger partial charge in [0.25, 0.3) is 0 Å². The molecule has 0 fully saturated rings. The third kappa shape index (κ3) is 3.61. The van der Waals surface area contributed by atoms with Crippen LogP contribution < -0.4 is 9.80 Å². The average molecular weight is 380 g/mol. The first-order chi connectivity index (χ1) is 13.5. The zero-order valence-electron chi connectivity index (χ0n) is 16.1. The van der Waals surface area contributed by atoms with Crippen molar-refractivity contribution in [3.63, 3.8) is 0 Å². The van der Waals surface area contributed by atoms with Gasteiger partial charge in [-0.25, -0.2) is 4.98 Å². The molecule has 0 amide bonds. The molecular formula is C18H20N8O2. The predicted molar refractivity (Wildman–Crippen MR) is 102 cm³/mol. The van der Waals surface area contributed by atoms with Crippen LogP contribution in [0.3, 0.4) is 0 Å². The molecule has 0 saturated heterocycles. The number of aromatic nitrogens is 6. The van der Waals surface area contributed by atoms with Crippen molar-refractivity contribution in [1.29, 1.82) is 0 Å². The van der Waals surface area contributed by atoms with Gasteiger partial charge in [0.15, 0.2) is 11.6 Å². The molecule has 0 unspecified atom stereocenters. The highest BCUT2D eigenvalue weighted by Crippen LogP contribution is 2.26. The Morgan fingerprint density at radius 1 is 0.786 bits per heavy atom. The van der Waals surface area contributed by atoms with E-state index in [9.17, 15) is 0 Å². The van der Waals surface area contributed by atoms with Gasteiger partial charge in [-0.2, -0.15) is 15.0 Å². The van der Waals surface area contributed by atoms with Crippen molar-refractivity contribution in [3.05, 3.63) is 47.7 Å². The van der Waals surface area contributed by atoms with Crippen molar-refractivity contribution in [3.8, 4) is 0 Å². The molecule has 0 radical (unpaired) electrons. The van der Waals surface area contributed by atoms with E-state index in [0.29, 0.717) is 42.5 Å². The zero-order valence-corrected chi connectivity index (χ0v) is 16.1. The van der Waals surface area contributed by atoms with E-state index in [1.54, 1.807) is 13.8 Å². The molecule has 3 heterocycles. The van der Waals surface area contributed by atoms with Crippen molar-refractivity contribution >= 4 is 22.7 Å². The second-order valence-corrected chi connectivity index (χ2v) is 6.54. The minimum atomic E-state index is 0.433. The van der Waals surface area contributed by atoms with Crippen LogP contribution >= 0.6 is 0 Å². The second-order valence-electron chi connectivity index (χ2n) is 6.54. The fourth-order valence-electron chi connectivity index (χ4n) is 2.89. The van der Waals surface area contributed by atoms with Gasteiger partial charge in [-0.15, -0.1) is 0 Å². The van der Waals surface area contributed by atoms with Gasteiger partial charge in [0.1, 0.15) is 5.82 Å². The van der Waals surface area contributed by atoms with Crippen LogP contribution in [-0.2, 0) is 13.1 Å². The van der Waals surface area contributed by atoms with E-state index in [1.807, 2.05) is 48.2 Å². The standard InChI is InChI=1S/C18H20N8O2/c1-11-19-15(23-27-11)9-25(3)17-13-7-5-6-8-14(13)21-18(22-17)26(4)10-16-20-12(2)28-24-16/h5-8H,9-10H2,1-4H3. The Hall–Kier alpha value is -3.56. The first kappa shape index (κ1) is 17.8. The van der Waals surface area contributed by atoms with E-state index in [-0.39, 0.29) is 0 Å². The van der Waals surface area contributed by atoms with Crippen molar-refractivity contribution in [1.82, 2.24) is 30.2 Å². The lowest BCUT2D eigenvalue weighted by Crippen LogP contribution is -2.23. The fourth-order valence-corrected chi connectivity index (χ4v) is 2.89. The Balaban J connectivity index is 1.68. The van der Waals surface area contributed by atoms with Crippen molar-refractivity contribution in [2.75, 3.05) is 23.9 Å². The summed E-state index contributed by atoms with van der Waals surface area (Å²) in [5, 5.41) is 8.85. The Bertz CT molecular complexity index is 1110. The van der Waals surface area contributed by atoms with E-state index in [4.69, 9.17) is 14.0 Å². The fraction of sp³-hybridized carbons (Fsp3) is 0.333. The van der Waals surface area contributed by atoms with Crippen LogP contribution in [0.2, 0.25) is 0 Å². The number of benzene rings is 1. The Labute approximate surface area is 161 Å². The van der Waals surface area contributed by atoms with Crippen LogP contribution in [-0.4, -0.2) is 44.3 Å². The van der Waals surface area contributed by atoms with Crippen LogP contribution in [0.1, 0.15) is 23.4 Å². The van der Waals surface area contributed by atoms with Crippen LogP contribution in [0.4, 0.5) is 11.8 Å². The number of para-hydroxylation sites is 1. The molecule has 0 saturated carbocycles. The number of hydrogen-bond donors (Lipinski definition) is 0. The summed E-state index contributed by atoms with van der Waals surface area (Å²) in [6.07, 6.45) is 0. The largest absolute Gasteiger partial charge is 0.351 e. The third-order valence-corrected chi connectivity index (χ3v) is 4.17. The van der Waals surface area contributed by atoms with Gasteiger partial charge in [0.05, 0.1) is 18.6 Å². The van der Waals surface area contributed by atoms with E-state index in [0.717, 1.165) is 16.7 Å². The van der Waals surface area contributed by atoms with Gasteiger partial charge >= 0.3 is 0 Å². The molecule has 144 valence electrons. The zero-order chi connectivity index (χ0) is 19.7. The summed E-state index contributed by atoms with van der Waals surface area (Å²) in [5.74, 6) is 3.57. The predicted octanol–water partition coefficient (Wildman–Crippen LogP) is 2.29. The number of rotatable bonds is 6. The molecular weight excluding hydrogens is 360 g/mol. The van der Waals surface area contributed by atoms with E-state index >= 15 is 0 Å². The summed E-state index contributed by atoms with van der Waals surface area (Å²) in [5.41, 5.74) is 0.842. The van der Waals surface area contributed by atoms with Gasteiger partial charge < -0.3 is 18.8 Å². The van der Waals surface area contributed by atoms with Gasteiger partial charge in [-0.05, 0) is 12.1 Å². The Morgan fingerprint density at radius 2 is 1.39 bits per heavy atom. The molecule has 3 aromatic heterocycles. The van der Waals surface area contributed by atoms with E-state index in [1.165, 1.54) is 0 Å². The molecule has 4 aromatic rings. The SMILES string of the molecule is Cc1nc(CN(C)c2nc(N(C)Cc3noc(C)n3)c3ccccc3n2)no1. The molecule has 10 heteroatoms. The number of aryl methyl sites for hydroxylation is 2. The van der Waals surface area contributed by atoms with Crippen LogP contribution in [0.5, 0.6) is 0 Å². The van der Waals surface area contributed by atoms with Crippen LogP contribution in [0.25, 0.3) is 10.9 Å². The summed E-state index contributed by atoms with van der Waals surface area (Å²) in [6.45, 7) is 4.42. The number of fused-ring (bicyclic) bond motifs is 1. The maximum absolute atomic E-state index is 5.07. The number of anilines is 2. The summed E-state index contributed by atoms with van der Waals surface area (Å²) in [7, 11) is 3.83. The molecule has 0 aliphatic carbocycles. The highest BCUT2D eigenvalue weighted by Gasteiger charge is 2.17. The third-order valence-electron chi connectivity index (χ3n) is 4.17. The first-order valence-electron chi connectivity index (χ1n) is 8.77. The van der Waals surface area contributed by atoms with E-state index < -0.39 is 0 Å². The van der Waals surface area contributed by atoms with Gasteiger partial charge in [0, 0.05) is 33.3 Å². The summed E-state index contributed by atoms with van der Waals surface area (Å²) in [6, 6.07) is 7.87. The smallest absolute Gasteiger partial charge is 0.228 e. The maximum Gasteiger partial charge on any atom is 0.228 e. The lowest BCUT2D eigenvalue weighted by molar-refractivity contribution is 0.387. The molecule has 0 aliphatic heterocycles. The normalized spacial score (nSPS) is 11.1. The van der Waals surface area contributed by atoms with Crippen molar-refractivity contribution in [2.24, 2.45) is 0 Å². The molecule has 0 spiro atoms. The average Bonchev–Trinajstić information content (AvgIpc) is 3.28. The second kappa shape index (κ2) is 7.22. The molecule has 0 N–H and O–H groups in total. The summed E-state index contributed by atoms with van der Waals surface area (Å²) < 4.78 is 10.1. The highest BCUT2D eigenvalue weighted by molar-refractivity contribution is 5.90. The first-order valence-corrected chi connectivity index (χ1v) is 8.77. The molecule has 1 aromatic carbocycles. The molecule has 10 nitrogen and oxygen atoms in total. The minimum Gasteiger partial charge on any atom is -0.351 e. The van der Waals surface area contributed by atoms with Crippen molar-refractivity contribution < 1.29 is 9.05 Å². The lowest BCUT2D eigenvalue weighted by Gasteiger charge is -2.22. The minimum absolute atomic E-state index is 0.433. The van der Waals surface area contributed by atoms with E-state index in [2.05, 4.69) is 25.3 Å². The van der Waals surface area contributed by atoms with Crippen LogP contribution in [0.15, 0.2) is 33.3 Å². The Kier molecular flexibility index (Phi) is 4.60.